The predicted molar refractivity (Wildman–Crippen MR) is 93.8 cm³/mol. The van der Waals surface area contributed by atoms with Gasteiger partial charge in [-0.3, -0.25) is 0 Å². The Morgan fingerprint density at radius 1 is 0.875 bits per heavy atom. The SMILES string of the molecule is COc1ccc(C2=C(C)C3(C)C(C#N)=C(C#N)C2(C)C3(C)C)cc1. The molecule has 2 atom stereocenters. The first-order valence-electron chi connectivity index (χ1n) is 8.13. The standard InChI is InChI=1S/C21H22N2O/c1-13-18(14-7-9-15(24-6)10-8-14)21(5)17(12-23)16(11-22)20(13,4)19(21,2)3/h7-10H,1-6H3. The van der Waals surface area contributed by atoms with Gasteiger partial charge < -0.3 is 4.74 Å². The molecule has 3 nitrogen and oxygen atoms in total. The maximum Gasteiger partial charge on any atom is 0.118 e. The predicted octanol–water partition coefficient (Wildman–Crippen LogP) is 4.88. The number of nitrogens with zero attached hydrogens (tertiary/aromatic N) is 2. The second-order valence-corrected chi connectivity index (χ2v) is 7.58. The van der Waals surface area contributed by atoms with Crippen molar-refractivity contribution in [3.05, 3.63) is 46.5 Å². The molecule has 0 saturated carbocycles. The van der Waals surface area contributed by atoms with Gasteiger partial charge in [-0.25, -0.2) is 0 Å². The molecule has 3 rings (SSSR count). The number of fused-ring (bicyclic) bond motifs is 2. The summed E-state index contributed by atoms with van der Waals surface area (Å²) in [5.74, 6) is 0.810. The molecule has 24 heavy (non-hydrogen) atoms. The minimum atomic E-state index is -0.472. The van der Waals surface area contributed by atoms with Crippen molar-refractivity contribution in [1.82, 2.24) is 0 Å². The summed E-state index contributed by atoms with van der Waals surface area (Å²) in [6, 6.07) is 12.7. The highest BCUT2D eigenvalue weighted by Gasteiger charge is 2.70. The Bertz CT molecular complexity index is 874. The van der Waals surface area contributed by atoms with E-state index in [0.29, 0.717) is 11.1 Å². The number of methoxy groups -OCH3 is 1. The second-order valence-electron chi connectivity index (χ2n) is 7.58. The van der Waals surface area contributed by atoms with Crippen LogP contribution in [0.2, 0.25) is 0 Å². The van der Waals surface area contributed by atoms with Crippen LogP contribution in [0.3, 0.4) is 0 Å². The van der Waals surface area contributed by atoms with E-state index >= 15 is 0 Å². The molecule has 0 spiro atoms. The maximum atomic E-state index is 9.83. The lowest BCUT2D eigenvalue weighted by molar-refractivity contribution is 0.131. The average Bonchev–Trinajstić information content (AvgIpc) is 2.78. The van der Waals surface area contributed by atoms with Gasteiger partial charge in [-0.1, -0.05) is 45.4 Å². The largest absolute Gasteiger partial charge is 0.497 e. The zero-order valence-electron chi connectivity index (χ0n) is 15.1. The van der Waals surface area contributed by atoms with Gasteiger partial charge in [-0.15, -0.1) is 0 Å². The summed E-state index contributed by atoms with van der Waals surface area (Å²) in [7, 11) is 1.65. The molecular formula is C21H22N2O. The molecule has 2 aliphatic carbocycles. The fourth-order valence-electron chi connectivity index (χ4n) is 4.94. The van der Waals surface area contributed by atoms with Crippen LogP contribution in [0.15, 0.2) is 41.0 Å². The van der Waals surface area contributed by atoms with Crippen molar-refractivity contribution >= 4 is 5.57 Å². The monoisotopic (exact) mass is 318 g/mol. The summed E-state index contributed by atoms with van der Waals surface area (Å²) >= 11 is 0. The van der Waals surface area contributed by atoms with E-state index in [1.54, 1.807) is 7.11 Å². The molecule has 0 aliphatic heterocycles. The fourth-order valence-corrected chi connectivity index (χ4v) is 4.94. The number of hydrogen-bond acceptors (Lipinski definition) is 3. The number of ether oxygens (including phenoxy) is 1. The van der Waals surface area contributed by atoms with Crippen molar-refractivity contribution in [2.45, 2.75) is 34.6 Å². The van der Waals surface area contributed by atoms with Crippen LogP contribution >= 0.6 is 0 Å². The van der Waals surface area contributed by atoms with Crippen molar-refractivity contribution < 1.29 is 4.74 Å². The van der Waals surface area contributed by atoms with Gasteiger partial charge >= 0.3 is 0 Å². The lowest BCUT2D eigenvalue weighted by Gasteiger charge is -2.42. The Hall–Kier alpha value is -2.52. The Morgan fingerprint density at radius 2 is 1.38 bits per heavy atom. The number of hydrogen-bond donors (Lipinski definition) is 0. The molecule has 0 radical (unpaired) electrons. The normalized spacial score (nSPS) is 30.3. The van der Waals surface area contributed by atoms with Gasteiger partial charge in [0.25, 0.3) is 0 Å². The third kappa shape index (κ3) is 1.46. The highest BCUT2D eigenvalue weighted by molar-refractivity contribution is 5.87. The van der Waals surface area contributed by atoms with Crippen LogP contribution in [0.4, 0.5) is 0 Å². The number of rotatable bonds is 2. The zero-order valence-corrected chi connectivity index (χ0v) is 15.1. The highest BCUT2D eigenvalue weighted by atomic mass is 16.5. The van der Waals surface area contributed by atoms with E-state index in [1.807, 2.05) is 24.3 Å². The first kappa shape index (κ1) is 16.3. The second kappa shape index (κ2) is 4.74. The minimum absolute atomic E-state index is 0.241. The molecule has 1 aromatic rings. The molecule has 1 aromatic carbocycles. The van der Waals surface area contributed by atoms with Gasteiger partial charge in [0.2, 0.25) is 0 Å². The van der Waals surface area contributed by atoms with Gasteiger partial charge in [0.1, 0.15) is 5.75 Å². The van der Waals surface area contributed by atoms with E-state index in [0.717, 1.165) is 11.3 Å². The molecule has 122 valence electrons. The van der Waals surface area contributed by atoms with Crippen LogP contribution in [0.1, 0.15) is 40.2 Å². The van der Waals surface area contributed by atoms with E-state index < -0.39 is 10.8 Å². The first-order valence-corrected chi connectivity index (χ1v) is 8.13. The summed E-state index contributed by atoms with van der Waals surface area (Å²) in [4.78, 5) is 0. The molecule has 2 unspecified atom stereocenters. The summed E-state index contributed by atoms with van der Waals surface area (Å²) in [6.07, 6.45) is 0. The molecule has 0 N–H and O–H groups in total. The van der Waals surface area contributed by atoms with Crippen molar-refractivity contribution in [3.63, 3.8) is 0 Å². The average molecular weight is 318 g/mol. The van der Waals surface area contributed by atoms with Crippen LogP contribution in [0, 0.1) is 38.9 Å². The van der Waals surface area contributed by atoms with Crippen molar-refractivity contribution in [2.24, 2.45) is 16.2 Å². The van der Waals surface area contributed by atoms with E-state index in [2.05, 4.69) is 46.8 Å². The van der Waals surface area contributed by atoms with Crippen LogP contribution in [-0.4, -0.2) is 7.11 Å². The third-order valence-corrected chi connectivity index (χ3v) is 6.98. The number of nitriles is 2. The van der Waals surface area contributed by atoms with Gasteiger partial charge in [-0.05, 0) is 35.6 Å². The number of benzene rings is 1. The Kier molecular flexibility index (Phi) is 3.23. The smallest absolute Gasteiger partial charge is 0.118 e. The maximum absolute atomic E-state index is 9.83. The van der Waals surface area contributed by atoms with E-state index in [1.165, 1.54) is 11.1 Å². The van der Waals surface area contributed by atoms with E-state index in [9.17, 15) is 10.5 Å². The van der Waals surface area contributed by atoms with Crippen molar-refractivity contribution in [3.8, 4) is 17.9 Å². The fraction of sp³-hybridized carbons (Fsp3) is 0.429. The molecule has 0 aromatic heterocycles. The first-order chi connectivity index (χ1) is 11.2. The molecule has 2 bridgehead atoms. The Labute approximate surface area is 143 Å². The van der Waals surface area contributed by atoms with Crippen LogP contribution < -0.4 is 4.74 Å². The van der Waals surface area contributed by atoms with Crippen LogP contribution in [0.25, 0.3) is 5.57 Å². The summed E-state index contributed by atoms with van der Waals surface area (Å²) in [6.45, 7) is 10.7. The third-order valence-electron chi connectivity index (χ3n) is 6.98. The molecule has 3 heteroatoms. The summed E-state index contributed by atoms with van der Waals surface area (Å²) < 4.78 is 5.26. The Morgan fingerprint density at radius 3 is 1.83 bits per heavy atom. The van der Waals surface area contributed by atoms with Gasteiger partial charge in [-0.2, -0.15) is 10.5 Å². The van der Waals surface area contributed by atoms with Crippen LogP contribution in [-0.2, 0) is 0 Å². The van der Waals surface area contributed by atoms with Gasteiger partial charge in [0.15, 0.2) is 0 Å². The molecule has 0 heterocycles. The molecule has 0 saturated heterocycles. The van der Waals surface area contributed by atoms with Crippen LogP contribution in [0.5, 0.6) is 5.75 Å². The van der Waals surface area contributed by atoms with Crippen molar-refractivity contribution in [1.29, 1.82) is 10.5 Å². The van der Waals surface area contributed by atoms with Gasteiger partial charge in [0, 0.05) is 10.8 Å². The molecule has 0 fully saturated rings. The molecule has 0 amide bonds. The van der Waals surface area contributed by atoms with E-state index in [4.69, 9.17) is 4.74 Å². The minimum Gasteiger partial charge on any atom is -0.497 e. The lowest BCUT2D eigenvalue weighted by atomic mass is 9.59. The van der Waals surface area contributed by atoms with E-state index in [-0.39, 0.29) is 5.41 Å². The van der Waals surface area contributed by atoms with Gasteiger partial charge in [0.05, 0.1) is 30.4 Å². The Balaban J connectivity index is 2.33. The topological polar surface area (TPSA) is 56.8 Å². The summed E-state index contributed by atoms with van der Waals surface area (Å²) in [5.41, 5.74) is 3.58. The molecule has 2 aliphatic rings. The lowest BCUT2D eigenvalue weighted by Crippen LogP contribution is -2.37. The van der Waals surface area contributed by atoms with Crippen molar-refractivity contribution in [2.75, 3.05) is 7.11 Å². The zero-order chi connectivity index (χ0) is 17.9. The highest BCUT2D eigenvalue weighted by Crippen LogP contribution is 2.77. The molecular weight excluding hydrogens is 296 g/mol. The summed E-state index contributed by atoms with van der Waals surface area (Å²) in [5, 5.41) is 19.6. The number of allylic oxidation sites excluding steroid dienone is 4. The quantitative estimate of drug-likeness (QED) is 0.781.